The molecule has 0 bridgehead atoms. The second-order valence-corrected chi connectivity index (χ2v) is 6.78. The van der Waals surface area contributed by atoms with Crippen LogP contribution in [0.25, 0.3) is 10.2 Å². The molecular formula is C13H18N4OS2. The molecule has 0 aliphatic carbocycles. The summed E-state index contributed by atoms with van der Waals surface area (Å²) in [4.78, 5) is 22.8. The van der Waals surface area contributed by atoms with Crippen molar-refractivity contribution in [3.63, 3.8) is 0 Å². The first-order valence-electron chi connectivity index (χ1n) is 6.51. The van der Waals surface area contributed by atoms with E-state index in [1.165, 1.54) is 16.6 Å². The molecule has 2 rings (SSSR count). The number of aryl methyl sites for hydroxylation is 1. The molecule has 20 heavy (non-hydrogen) atoms. The Bertz CT molecular complexity index is 599. The van der Waals surface area contributed by atoms with Crippen LogP contribution in [-0.4, -0.2) is 34.2 Å². The Hall–Kier alpha value is -1.18. The van der Waals surface area contributed by atoms with E-state index in [4.69, 9.17) is 5.73 Å². The molecule has 0 aliphatic heterocycles. The summed E-state index contributed by atoms with van der Waals surface area (Å²) in [5, 5.41) is 4.58. The van der Waals surface area contributed by atoms with Gasteiger partial charge >= 0.3 is 0 Å². The molecule has 0 aromatic carbocycles. The van der Waals surface area contributed by atoms with Gasteiger partial charge in [-0.25, -0.2) is 9.97 Å². The first-order valence-corrected chi connectivity index (χ1v) is 8.21. The lowest BCUT2D eigenvalue weighted by molar-refractivity contribution is -0.120. The molecule has 0 fully saturated rings. The van der Waals surface area contributed by atoms with Crippen LogP contribution in [-0.2, 0) is 4.79 Å². The van der Waals surface area contributed by atoms with Crippen LogP contribution in [0.15, 0.2) is 17.4 Å². The first-order chi connectivity index (χ1) is 9.65. The molecule has 1 unspecified atom stereocenters. The highest BCUT2D eigenvalue weighted by Gasteiger charge is 2.20. The molecule has 1 amide bonds. The number of thiophene rings is 1. The maximum Gasteiger partial charge on any atom is 0.233 e. The van der Waals surface area contributed by atoms with Gasteiger partial charge < -0.3 is 11.1 Å². The highest BCUT2D eigenvalue weighted by atomic mass is 32.2. The Morgan fingerprint density at radius 2 is 2.35 bits per heavy atom. The Labute approximate surface area is 126 Å². The number of nitrogens with one attached hydrogen (secondary N) is 1. The Morgan fingerprint density at radius 1 is 1.55 bits per heavy atom. The number of amides is 1. The van der Waals surface area contributed by atoms with Gasteiger partial charge in [-0.15, -0.1) is 11.3 Å². The third-order valence-electron chi connectivity index (χ3n) is 2.78. The zero-order valence-electron chi connectivity index (χ0n) is 11.5. The van der Waals surface area contributed by atoms with E-state index in [0.29, 0.717) is 13.1 Å². The molecule has 5 nitrogen and oxygen atoms in total. The summed E-state index contributed by atoms with van der Waals surface area (Å²) in [6, 6.07) is 2.08. The van der Waals surface area contributed by atoms with Crippen LogP contribution >= 0.6 is 23.1 Å². The Balaban J connectivity index is 2.19. The third-order valence-corrected chi connectivity index (χ3v) is 5.12. The van der Waals surface area contributed by atoms with Crippen molar-refractivity contribution < 1.29 is 4.79 Å². The highest BCUT2D eigenvalue weighted by molar-refractivity contribution is 8.00. The summed E-state index contributed by atoms with van der Waals surface area (Å²) < 4.78 is 0. The molecular weight excluding hydrogens is 292 g/mol. The number of aromatic nitrogens is 2. The van der Waals surface area contributed by atoms with Gasteiger partial charge in [-0.3, -0.25) is 4.79 Å². The van der Waals surface area contributed by atoms with Gasteiger partial charge in [0.1, 0.15) is 16.2 Å². The predicted octanol–water partition coefficient (Wildman–Crippen LogP) is 1.95. The number of nitrogens with zero attached hydrogens (tertiary/aromatic N) is 2. The second-order valence-electron chi connectivity index (χ2n) is 4.35. The minimum Gasteiger partial charge on any atom is -0.354 e. The molecule has 0 spiro atoms. The molecule has 1 atom stereocenters. The number of thioether (sulfide) groups is 1. The Morgan fingerprint density at radius 3 is 3.05 bits per heavy atom. The van der Waals surface area contributed by atoms with Crippen LogP contribution in [0.3, 0.4) is 0 Å². The average Bonchev–Trinajstić information content (AvgIpc) is 2.83. The number of rotatable bonds is 6. The van der Waals surface area contributed by atoms with Crippen LogP contribution in [0.5, 0.6) is 0 Å². The van der Waals surface area contributed by atoms with Crippen molar-refractivity contribution in [1.29, 1.82) is 0 Å². The number of nitrogens with two attached hydrogens (primary N) is 1. The largest absolute Gasteiger partial charge is 0.354 e. The van der Waals surface area contributed by atoms with Crippen molar-refractivity contribution in [2.45, 2.75) is 30.5 Å². The monoisotopic (exact) mass is 310 g/mol. The quantitative estimate of drug-likeness (QED) is 0.629. The van der Waals surface area contributed by atoms with Gasteiger partial charge in [-0.05, 0) is 19.4 Å². The zero-order chi connectivity index (χ0) is 14.5. The molecule has 108 valence electrons. The van der Waals surface area contributed by atoms with Gasteiger partial charge in [-0.2, -0.15) is 0 Å². The second kappa shape index (κ2) is 7.01. The summed E-state index contributed by atoms with van der Waals surface area (Å²) in [5.41, 5.74) is 5.41. The van der Waals surface area contributed by atoms with Crippen molar-refractivity contribution in [2.75, 3.05) is 13.1 Å². The first kappa shape index (κ1) is 15.2. The third kappa shape index (κ3) is 3.47. The SMILES string of the molecule is CCC(Sc1ncnc2sc(C)cc12)C(=O)NCCN. The molecule has 2 aromatic rings. The number of hydrogen-bond acceptors (Lipinski definition) is 6. The minimum absolute atomic E-state index is 0.0154. The fourth-order valence-corrected chi connectivity index (χ4v) is 3.74. The lowest BCUT2D eigenvalue weighted by Gasteiger charge is -2.14. The summed E-state index contributed by atoms with van der Waals surface area (Å²) >= 11 is 3.13. The van der Waals surface area contributed by atoms with Gasteiger partial charge in [0, 0.05) is 23.4 Å². The normalized spacial score (nSPS) is 12.6. The average molecular weight is 310 g/mol. The van der Waals surface area contributed by atoms with E-state index in [-0.39, 0.29) is 11.2 Å². The fourth-order valence-electron chi connectivity index (χ4n) is 1.81. The summed E-state index contributed by atoms with van der Waals surface area (Å²) in [7, 11) is 0. The van der Waals surface area contributed by atoms with E-state index in [9.17, 15) is 4.79 Å². The van der Waals surface area contributed by atoms with Crippen LogP contribution in [0, 0.1) is 6.92 Å². The molecule has 0 saturated carbocycles. The maximum absolute atomic E-state index is 12.1. The van der Waals surface area contributed by atoms with Crippen molar-refractivity contribution in [2.24, 2.45) is 5.73 Å². The van der Waals surface area contributed by atoms with Crippen LogP contribution in [0.4, 0.5) is 0 Å². The zero-order valence-corrected chi connectivity index (χ0v) is 13.2. The predicted molar refractivity (Wildman–Crippen MR) is 84.2 cm³/mol. The number of hydrogen-bond donors (Lipinski definition) is 2. The summed E-state index contributed by atoms with van der Waals surface area (Å²) in [6.07, 6.45) is 2.31. The molecule has 0 saturated heterocycles. The molecule has 2 aromatic heterocycles. The summed E-state index contributed by atoms with van der Waals surface area (Å²) in [5.74, 6) is 0.0154. The van der Waals surface area contributed by atoms with Crippen LogP contribution in [0.2, 0.25) is 0 Å². The molecule has 3 N–H and O–H groups in total. The lowest BCUT2D eigenvalue weighted by atomic mass is 10.3. The van der Waals surface area contributed by atoms with E-state index in [1.54, 1.807) is 17.7 Å². The molecule has 0 radical (unpaired) electrons. The van der Waals surface area contributed by atoms with E-state index >= 15 is 0 Å². The standard InChI is InChI=1S/C13H18N4OS2/c1-3-10(11(18)15-5-4-14)20-13-9-6-8(2)19-12(9)16-7-17-13/h6-7,10H,3-5,14H2,1-2H3,(H,15,18). The topological polar surface area (TPSA) is 80.9 Å². The van der Waals surface area contributed by atoms with E-state index in [0.717, 1.165) is 21.7 Å². The Kier molecular flexibility index (Phi) is 5.33. The van der Waals surface area contributed by atoms with Crippen molar-refractivity contribution in [1.82, 2.24) is 15.3 Å². The van der Waals surface area contributed by atoms with Crippen molar-refractivity contribution in [3.8, 4) is 0 Å². The maximum atomic E-state index is 12.1. The van der Waals surface area contributed by atoms with E-state index in [1.807, 2.05) is 13.8 Å². The minimum atomic E-state index is -0.153. The van der Waals surface area contributed by atoms with Gasteiger partial charge in [0.25, 0.3) is 0 Å². The van der Waals surface area contributed by atoms with Crippen molar-refractivity contribution >= 4 is 39.2 Å². The van der Waals surface area contributed by atoms with Crippen LogP contribution < -0.4 is 11.1 Å². The smallest absolute Gasteiger partial charge is 0.233 e. The molecule has 0 aliphatic rings. The molecule has 2 heterocycles. The van der Waals surface area contributed by atoms with Crippen LogP contribution in [0.1, 0.15) is 18.2 Å². The molecule has 7 heteroatoms. The van der Waals surface area contributed by atoms with Gasteiger partial charge in [0.05, 0.1) is 5.25 Å². The number of carbonyl (C=O) groups is 1. The summed E-state index contributed by atoms with van der Waals surface area (Å²) in [6.45, 7) is 5.00. The lowest BCUT2D eigenvalue weighted by Crippen LogP contribution is -2.35. The number of carbonyl (C=O) groups excluding carboxylic acids is 1. The van der Waals surface area contributed by atoms with Gasteiger partial charge in [0.15, 0.2) is 0 Å². The van der Waals surface area contributed by atoms with Crippen molar-refractivity contribution in [3.05, 3.63) is 17.3 Å². The number of fused-ring (bicyclic) bond motifs is 1. The highest BCUT2D eigenvalue weighted by Crippen LogP contribution is 2.33. The van der Waals surface area contributed by atoms with Gasteiger partial charge in [0.2, 0.25) is 5.91 Å². The van der Waals surface area contributed by atoms with E-state index in [2.05, 4.69) is 21.4 Å². The fraction of sp³-hybridized carbons (Fsp3) is 0.462. The van der Waals surface area contributed by atoms with Gasteiger partial charge in [-0.1, -0.05) is 18.7 Å². The van der Waals surface area contributed by atoms with E-state index < -0.39 is 0 Å².